The average Bonchev–Trinajstić information content (AvgIpc) is 2.76. The molecule has 108 valence electrons. The molecule has 1 aliphatic heterocycles. The smallest absolute Gasteiger partial charge is 0.389 e. The zero-order valence-electron chi connectivity index (χ0n) is 9.91. The number of nitrogens with one attached hydrogen (secondary N) is 1. The lowest BCUT2D eigenvalue weighted by Crippen LogP contribution is -2.34. The third kappa shape index (κ3) is 7.83. The number of aliphatic hydroxyl groups is 1. The molecule has 0 spiro atoms. The van der Waals surface area contributed by atoms with Crippen molar-refractivity contribution in [1.82, 2.24) is 5.48 Å². The summed E-state index contributed by atoms with van der Waals surface area (Å²) in [5, 5.41) is 9.36. The number of halogens is 3. The summed E-state index contributed by atoms with van der Waals surface area (Å²) >= 11 is 0. The molecule has 0 amide bonds. The lowest BCUT2D eigenvalue weighted by Gasteiger charge is -2.15. The molecule has 0 saturated carbocycles. The maximum absolute atomic E-state index is 11.7. The molecule has 1 aliphatic rings. The van der Waals surface area contributed by atoms with E-state index >= 15 is 0 Å². The second-order valence-electron chi connectivity index (χ2n) is 4.08. The van der Waals surface area contributed by atoms with Crippen LogP contribution in [0.25, 0.3) is 0 Å². The Morgan fingerprint density at radius 1 is 1.44 bits per heavy atom. The van der Waals surface area contributed by atoms with E-state index in [4.69, 9.17) is 9.47 Å². The van der Waals surface area contributed by atoms with Crippen LogP contribution in [-0.2, 0) is 14.3 Å². The SMILES string of the molecule is OC(CNOCC(F)(F)F)COCC1CCCO1. The van der Waals surface area contributed by atoms with Crippen LogP contribution in [0.2, 0.25) is 0 Å². The summed E-state index contributed by atoms with van der Waals surface area (Å²) in [6.45, 7) is -0.371. The van der Waals surface area contributed by atoms with Gasteiger partial charge in [0.25, 0.3) is 0 Å². The van der Waals surface area contributed by atoms with Gasteiger partial charge >= 0.3 is 6.18 Å². The summed E-state index contributed by atoms with van der Waals surface area (Å²) in [6.07, 6.45) is -3.30. The van der Waals surface area contributed by atoms with E-state index < -0.39 is 18.9 Å². The minimum atomic E-state index is -4.38. The molecule has 2 unspecified atom stereocenters. The minimum absolute atomic E-state index is 0.0300. The molecule has 1 heterocycles. The van der Waals surface area contributed by atoms with E-state index in [1.165, 1.54) is 0 Å². The molecule has 0 aliphatic carbocycles. The van der Waals surface area contributed by atoms with Gasteiger partial charge < -0.3 is 14.6 Å². The molecule has 1 saturated heterocycles. The van der Waals surface area contributed by atoms with Crippen molar-refractivity contribution in [3.63, 3.8) is 0 Å². The van der Waals surface area contributed by atoms with E-state index in [1.54, 1.807) is 0 Å². The third-order valence-electron chi connectivity index (χ3n) is 2.29. The molecule has 1 rings (SSSR count). The summed E-state index contributed by atoms with van der Waals surface area (Å²) in [4.78, 5) is 4.13. The van der Waals surface area contributed by atoms with Crippen molar-refractivity contribution in [3.8, 4) is 0 Å². The van der Waals surface area contributed by atoms with Gasteiger partial charge in [-0.05, 0) is 12.8 Å². The van der Waals surface area contributed by atoms with Gasteiger partial charge in [0, 0.05) is 13.2 Å². The molecule has 5 nitrogen and oxygen atoms in total. The number of ether oxygens (including phenoxy) is 2. The van der Waals surface area contributed by atoms with Crippen molar-refractivity contribution in [2.75, 3.05) is 33.0 Å². The highest BCUT2D eigenvalue weighted by Crippen LogP contribution is 2.13. The fraction of sp³-hybridized carbons (Fsp3) is 1.00. The van der Waals surface area contributed by atoms with Crippen LogP contribution in [0.1, 0.15) is 12.8 Å². The minimum Gasteiger partial charge on any atom is -0.389 e. The normalized spacial score (nSPS) is 22.3. The van der Waals surface area contributed by atoms with Crippen LogP contribution in [-0.4, -0.2) is 56.5 Å². The lowest BCUT2D eigenvalue weighted by molar-refractivity contribution is -0.191. The Kier molecular flexibility index (Phi) is 6.87. The van der Waals surface area contributed by atoms with Gasteiger partial charge in [-0.3, -0.25) is 4.84 Å². The van der Waals surface area contributed by atoms with E-state index in [0.717, 1.165) is 19.4 Å². The van der Waals surface area contributed by atoms with Gasteiger partial charge in [-0.15, -0.1) is 0 Å². The first-order valence-corrected chi connectivity index (χ1v) is 5.76. The van der Waals surface area contributed by atoms with E-state index in [2.05, 4.69) is 4.84 Å². The Morgan fingerprint density at radius 2 is 2.22 bits per heavy atom. The molecule has 0 bridgehead atoms. The molecule has 0 radical (unpaired) electrons. The van der Waals surface area contributed by atoms with Gasteiger partial charge in [-0.1, -0.05) is 0 Å². The zero-order chi connectivity index (χ0) is 13.4. The number of hydroxylamine groups is 1. The van der Waals surface area contributed by atoms with E-state index in [0.29, 0.717) is 6.61 Å². The first-order valence-electron chi connectivity index (χ1n) is 5.76. The molecule has 0 aromatic rings. The van der Waals surface area contributed by atoms with Crippen molar-refractivity contribution in [2.45, 2.75) is 31.2 Å². The largest absolute Gasteiger partial charge is 0.413 e. The van der Waals surface area contributed by atoms with Gasteiger partial charge in [-0.25, -0.2) is 0 Å². The Morgan fingerprint density at radius 3 is 2.83 bits per heavy atom. The first-order chi connectivity index (χ1) is 8.47. The Hall–Kier alpha value is -0.410. The highest BCUT2D eigenvalue weighted by molar-refractivity contribution is 4.64. The van der Waals surface area contributed by atoms with Crippen molar-refractivity contribution >= 4 is 0 Å². The summed E-state index contributed by atoms with van der Waals surface area (Å²) in [6, 6.07) is 0. The number of alkyl halides is 3. The molecule has 0 aromatic carbocycles. The molecular weight excluding hydrogens is 255 g/mol. The zero-order valence-corrected chi connectivity index (χ0v) is 9.91. The van der Waals surface area contributed by atoms with Crippen molar-refractivity contribution in [1.29, 1.82) is 0 Å². The second-order valence-corrected chi connectivity index (χ2v) is 4.08. The van der Waals surface area contributed by atoms with Crippen molar-refractivity contribution in [2.24, 2.45) is 0 Å². The Balaban J connectivity index is 1.91. The number of hydrogen-bond acceptors (Lipinski definition) is 5. The molecule has 18 heavy (non-hydrogen) atoms. The molecule has 2 atom stereocenters. The summed E-state index contributed by atoms with van der Waals surface area (Å²) in [7, 11) is 0. The van der Waals surface area contributed by atoms with Crippen LogP contribution >= 0.6 is 0 Å². The van der Waals surface area contributed by atoms with Crippen molar-refractivity contribution in [3.05, 3.63) is 0 Å². The molecule has 1 fully saturated rings. The molecule has 8 heteroatoms. The summed E-state index contributed by atoms with van der Waals surface area (Å²) < 4.78 is 45.6. The predicted molar refractivity (Wildman–Crippen MR) is 55.8 cm³/mol. The number of aliphatic hydroxyl groups excluding tert-OH is 1. The van der Waals surface area contributed by atoms with Gasteiger partial charge in [0.05, 0.1) is 25.4 Å². The second kappa shape index (κ2) is 7.90. The maximum Gasteiger partial charge on any atom is 0.413 e. The number of rotatable bonds is 8. The van der Waals surface area contributed by atoms with E-state index in [9.17, 15) is 18.3 Å². The fourth-order valence-corrected chi connectivity index (χ4v) is 1.46. The van der Waals surface area contributed by atoms with Crippen LogP contribution in [0.3, 0.4) is 0 Å². The Bertz CT molecular complexity index is 222. The third-order valence-corrected chi connectivity index (χ3v) is 2.29. The van der Waals surface area contributed by atoms with Gasteiger partial charge in [0.2, 0.25) is 0 Å². The monoisotopic (exact) mass is 273 g/mol. The van der Waals surface area contributed by atoms with Crippen LogP contribution in [0, 0.1) is 0 Å². The van der Waals surface area contributed by atoms with Gasteiger partial charge in [0.1, 0.15) is 0 Å². The van der Waals surface area contributed by atoms with Crippen molar-refractivity contribution < 1.29 is 32.6 Å². The number of hydrogen-bond donors (Lipinski definition) is 2. The maximum atomic E-state index is 11.7. The van der Waals surface area contributed by atoms with E-state index in [1.807, 2.05) is 5.48 Å². The summed E-state index contributed by atoms with van der Waals surface area (Å²) in [5.74, 6) is 0. The summed E-state index contributed by atoms with van der Waals surface area (Å²) in [5.41, 5.74) is 2.04. The molecular formula is C10H18F3NO4. The standard InChI is InChI=1S/C10H18F3NO4/c11-10(12,13)7-18-14-4-8(15)5-16-6-9-2-1-3-17-9/h8-9,14-15H,1-7H2. The quantitative estimate of drug-likeness (QED) is 0.501. The van der Waals surface area contributed by atoms with E-state index in [-0.39, 0.29) is 19.3 Å². The average molecular weight is 273 g/mol. The highest BCUT2D eigenvalue weighted by Gasteiger charge is 2.27. The predicted octanol–water partition coefficient (Wildman–Crippen LogP) is 0.626. The van der Waals surface area contributed by atoms with Crippen LogP contribution in [0.4, 0.5) is 13.2 Å². The van der Waals surface area contributed by atoms with Gasteiger partial charge in [-0.2, -0.15) is 18.7 Å². The lowest BCUT2D eigenvalue weighted by atomic mass is 10.2. The topological polar surface area (TPSA) is 60.0 Å². The molecule has 0 aromatic heterocycles. The van der Waals surface area contributed by atoms with Crippen LogP contribution in [0.15, 0.2) is 0 Å². The Labute approximate surface area is 103 Å². The van der Waals surface area contributed by atoms with Gasteiger partial charge in [0.15, 0.2) is 6.61 Å². The fourth-order valence-electron chi connectivity index (χ4n) is 1.46. The van der Waals surface area contributed by atoms with Crippen LogP contribution in [0.5, 0.6) is 0 Å². The highest BCUT2D eigenvalue weighted by atomic mass is 19.4. The first kappa shape index (κ1) is 15.6. The molecule has 2 N–H and O–H groups in total. The van der Waals surface area contributed by atoms with Crippen LogP contribution < -0.4 is 5.48 Å².